The zero-order valence-corrected chi connectivity index (χ0v) is 11.1. The SMILES string of the molecule is CCc1nc(CSc2ccc(N)cc2F)cs1. The van der Waals surface area contributed by atoms with Crippen LogP contribution in [-0.2, 0) is 12.2 Å². The number of hydrogen-bond acceptors (Lipinski definition) is 4. The summed E-state index contributed by atoms with van der Waals surface area (Å²) < 4.78 is 13.5. The standard InChI is InChI=1S/C12H13FN2S2/c1-2-12-15-9(7-17-12)6-16-11-4-3-8(14)5-10(11)13/h3-5,7H,2,6,14H2,1H3. The molecule has 0 fully saturated rings. The lowest BCUT2D eigenvalue weighted by Crippen LogP contribution is -1.89. The van der Waals surface area contributed by atoms with E-state index in [4.69, 9.17) is 5.73 Å². The second-order valence-electron chi connectivity index (χ2n) is 3.56. The number of nitrogen functional groups attached to an aromatic ring is 1. The van der Waals surface area contributed by atoms with Gasteiger partial charge in [-0.2, -0.15) is 0 Å². The number of thiazole rings is 1. The zero-order chi connectivity index (χ0) is 12.3. The zero-order valence-electron chi connectivity index (χ0n) is 9.44. The summed E-state index contributed by atoms with van der Waals surface area (Å²) in [5, 5.41) is 3.15. The summed E-state index contributed by atoms with van der Waals surface area (Å²) in [6, 6.07) is 4.77. The van der Waals surface area contributed by atoms with Crippen molar-refractivity contribution in [3.63, 3.8) is 0 Å². The maximum absolute atomic E-state index is 13.5. The molecule has 0 unspecified atom stereocenters. The van der Waals surface area contributed by atoms with Crippen LogP contribution in [0.1, 0.15) is 17.6 Å². The van der Waals surface area contributed by atoms with E-state index in [0.717, 1.165) is 17.1 Å². The Morgan fingerprint density at radius 1 is 1.47 bits per heavy atom. The number of aromatic nitrogens is 1. The van der Waals surface area contributed by atoms with E-state index in [-0.39, 0.29) is 5.82 Å². The van der Waals surface area contributed by atoms with Crippen molar-refractivity contribution in [1.29, 1.82) is 0 Å². The van der Waals surface area contributed by atoms with E-state index >= 15 is 0 Å². The minimum Gasteiger partial charge on any atom is -0.399 e. The topological polar surface area (TPSA) is 38.9 Å². The van der Waals surface area contributed by atoms with Gasteiger partial charge in [0.15, 0.2) is 0 Å². The van der Waals surface area contributed by atoms with E-state index < -0.39 is 0 Å². The predicted molar refractivity (Wildman–Crippen MR) is 71.9 cm³/mol. The number of nitrogens with two attached hydrogens (primary N) is 1. The molecule has 0 radical (unpaired) electrons. The van der Waals surface area contributed by atoms with Gasteiger partial charge < -0.3 is 5.73 Å². The van der Waals surface area contributed by atoms with E-state index in [2.05, 4.69) is 11.9 Å². The second-order valence-corrected chi connectivity index (χ2v) is 5.52. The molecule has 2 rings (SSSR count). The summed E-state index contributed by atoms with van der Waals surface area (Å²) >= 11 is 3.10. The fourth-order valence-corrected chi connectivity index (χ4v) is 3.03. The normalized spacial score (nSPS) is 10.7. The lowest BCUT2D eigenvalue weighted by molar-refractivity contribution is 0.602. The Labute approximate surface area is 108 Å². The third-order valence-electron chi connectivity index (χ3n) is 2.23. The maximum Gasteiger partial charge on any atom is 0.138 e. The lowest BCUT2D eigenvalue weighted by Gasteiger charge is -2.02. The summed E-state index contributed by atoms with van der Waals surface area (Å²) in [5.41, 5.74) is 6.96. The molecule has 0 amide bonds. The van der Waals surface area contributed by atoms with Gasteiger partial charge in [-0.25, -0.2) is 9.37 Å². The number of hydrogen-bond donors (Lipinski definition) is 1. The Hall–Kier alpha value is -1.07. The first kappa shape index (κ1) is 12.4. The molecule has 2 nitrogen and oxygen atoms in total. The minimum absolute atomic E-state index is 0.263. The first-order valence-corrected chi connectivity index (χ1v) is 7.16. The van der Waals surface area contributed by atoms with Crippen LogP contribution in [0.5, 0.6) is 0 Å². The number of aryl methyl sites for hydroxylation is 1. The molecule has 2 aromatic rings. The summed E-state index contributed by atoms with van der Waals surface area (Å²) in [6.07, 6.45) is 0.950. The van der Waals surface area contributed by atoms with Gasteiger partial charge in [-0.05, 0) is 24.6 Å². The molecule has 0 saturated heterocycles. The maximum atomic E-state index is 13.5. The Balaban J connectivity index is 2.02. The second kappa shape index (κ2) is 5.51. The Kier molecular flexibility index (Phi) is 4.02. The van der Waals surface area contributed by atoms with Crippen LogP contribution in [-0.4, -0.2) is 4.98 Å². The van der Waals surface area contributed by atoms with Gasteiger partial charge >= 0.3 is 0 Å². The molecule has 0 atom stereocenters. The number of nitrogens with zero attached hydrogens (tertiary/aromatic N) is 1. The average Bonchev–Trinajstić information content (AvgIpc) is 2.76. The van der Waals surface area contributed by atoms with Crippen LogP contribution in [0.25, 0.3) is 0 Å². The van der Waals surface area contributed by atoms with Crippen molar-refractivity contribution in [3.05, 3.63) is 40.1 Å². The number of anilines is 1. The molecular weight excluding hydrogens is 255 g/mol. The molecule has 5 heteroatoms. The molecule has 17 heavy (non-hydrogen) atoms. The summed E-state index contributed by atoms with van der Waals surface area (Å²) in [7, 11) is 0. The number of halogens is 1. The van der Waals surface area contributed by atoms with Crippen molar-refractivity contribution < 1.29 is 4.39 Å². The van der Waals surface area contributed by atoms with Crippen molar-refractivity contribution in [3.8, 4) is 0 Å². The minimum atomic E-state index is -0.263. The molecule has 0 aliphatic rings. The molecular formula is C12H13FN2S2. The summed E-state index contributed by atoms with van der Waals surface area (Å²) in [4.78, 5) is 5.06. The third kappa shape index (κ3) is 3.20. The fourth-order valence-electron chi connectivity index (χ4n) is 1.36. The van der Waals surface area contributed by atoms with Crippen LogP contribution < -0.4 is 5.73 Å². The van der Waals surface area contributed by atoms with Crippen LogP contribution in [0.4, 0.5) is 10.1 Å². The van der Waals surface area contributed by atoms with E-state index in [0.29, 0.717) is 16.3 Å². The molecule has 0 aliphatic heterocycles. The van der Waals surface area contributed by atoms with Crippen molar-refractivity contribution >= 4 is 28.8 Å². The van der Waals surface area contributed by atoms with Crippen LogP contribution in [0.15, 0.2) is 28.5 Å². The van der Waals surface area contributed by atoms with Crippen LogP contribution in [0, 0.1) is 5.82 Å². The van der Waals surface area contributed by atoms with Gasteiger partial charge in [-0.1, -0.05) is 6.92 Å². The average molecular weight is 268 g/mol. The van der Waals surface area contributed by atoms with Gasteiger partial charge in [0, 0.05) is 21.7 Å². The molecule has 90 valence electrons. The Morgan fingerprint density at radius 3 is 2.94 bits per heavy atom. The highest BCUT2D eigenvalue weighted by Crippen LogP contribution is 2.27. The molecule has 1 aromatic carbocycles. The van der Waals surface area contributed by atoms with Gasteiger partial charge in [0.25, 0.3) is 0 Å². The molecule has 0 saturated carbocycles. The van der Waals surface area contributed by atoms with E-state index in [9.17, 15) is 4.39 Å². The Bertz CT molecular complexity index is 511. The molecule has 0 aliphatic carbocycles. The monoisotopic (exact) mass is 268 g/mol. The molecule has 1 heterocycles. The largest absolute Gasteiger partial charge is 0.399 e. The van der Waals surface area contributed by atoms with Crippen LogP contribution in [0.2, 0.25) is 0 Å². The summed E-state index contributed by atoms with van der Waals surface area (Å²) in [5.74, 6) is 0.429. The van der Waals surface area contributed by atoms with Crippen molar-refractivity contribution in [2.45, 2.75) is 24.0 Å². The molecule has 2 N–H and O–H groups in total. The lowest BCUT2D eigenvalue weighted by atomic mass is 10.3. The van der Waals surface area contributed by atoms with Gasteiger partial charge in [0.05, 0.1) is 10.7 Å². The predicted octanol–water partition coefficient (Wildman–Crippen LogP) is 3.72. The smallest absolute Gasteiger partial charge is 0.138 e. The van der Waals surface area contributed by atoms with Gasteiger partial charge in [0.2, 0.25) is 0 Å². The number of benzene rings is 1. The van der Waals surface area contributed by atoms with E-state index in [1.165, 1.54) is 17.8 Å². The first-order chi connectivity index (χ1) is 8.19. The molecule has 0 bridgehead atoms. The molecule has 1 aromatic heterocycles. The van der Waals surface area contributed by atoms with Gasteiger partial charge in [-0.3, -0.25) is 0 Å². The van der Waals surface area contributed by atoms with Crippen molar-refractivity contribution in [1.82, 2.24) is 4.98 Å². The Morgan fingerprint density at radius 2 is 2.29 bits per heavy atom. The van der Waals surface area contributed by atoms with E-state index in [1.54, 1.807) is 23.5 Å². The van der Waals surface area contributed by atoms with Crippen molar-refractivity contribution in [2.24, 2.45) is 0 Å². The highest BCUT2D eigenvalue weighted by molar-refractivity contribution is 7.98. The quantitative estimate of drug-likeness (QED) is 0.678. The summed E-state index contributed by atoms with van der Waals surface area (Å²) in [6.45, 7) is 2.08. The number of rotatable bonds is 4. The van der Waals surface area contributed by atoms with Crippen molar-refractivity contribution in [2.75, 3.05) is 5.73 Å². The number of thioether (sulfide) groups is 1. The molecule has 0 spiro atoms. The fraction of sp³-hybridized carbons (Fsp3) is 0.250. The van der Waals surface area contributed by atoms with Crippen LogP contribution >= 0.6 is 23.1 Å². The third-order valence-corrected chi connectivity index (χ3v) is 4.36. The van der Waals surface area contributed by atoms with Gasteiger partial charge in [-0.15, -0.1) is 23.1 Å². The van der Waals surface area contributed by atoms with E-state index in [1.807, 2.05) is 5.38 Å². The first-order valence-electron chi connectivity index (χ1n) is 5.30. The van der Waals surface area contributed by atoms with Gasteiger partial charge in [0.1, 0.15) is 5.82 Å². The highest BCUT2D eigenvalue weighted by Gasteiger charge is 2.05. The highest BCUT2D eigenvalue weighted by atomic mass is 32.2. The van der Waals surface area contributed by atoms with Crippen LogP contribution in [0.3, 0.4) is 0 Å².